The molecule has 1 aliphatic heterocycles. The van der Waals surface area contributed by atoms with Crippen LogP contribution in [0.25, 0.3) is 0 Å². The molecule has 0 saturated carbocycles. The highest BCUT2D eigenvalue weighted by Crippen LogP contribution is 2.15. The first-order valence-electron chi connectivity index (χ1n) is 3.22. The molecule has 0 saturated heterocycles. The Balaban J connectivity index is 2.85. The molecular formula is C7H11FN2. The van der Waals surface area contributed by atoms with Crippen LogP contribution in [0.2, 0.25) is 0 Å². The van der Waals surface area contributed by atoms with Crippen LogP contribution in [0.4, 0.5) is 4.39 Å². The highest BCUT2D eigenvalue weighted by molar-refractivity contribution is 5.31. The third-order valence-electron chi connectivity index (χ3n) is 1.62. The van der Waals surface area contributed by atoms with Gasteiger partial charge in [-0.25, -0.2) is 4.39 Å². The van der Waals surface area contributed by atoms with Crippen LogP contribution in [0.15, 0.2) is 23.3 Å². The Morgan fingerprint density at radius 2 is 2.40 bits per heavy atom. The van der Waals surface area contributed by atoms with E-state index in [1.807, 2.05) is 0 Å². The number of hydrogen-bond donors (Lipinski definition) is 2. The molecule has 0 aliphatic carbocycles. The number of dihydropyridines is 1. The molecule has 2 nitrogen and oxygen atoms in total. The van der Waals surface area contributed by atoms with Gasteiger partial charge in [0.1, 0.15) is 5.83 Å². The van der Waals surface area contributed by atoms with Gasteiger partial charge in [0.05, 0.1) is 6.54 Å². The van der Waals surface area contributed by atoms with Crippen LogP contribution >= 0.6 is 0 Å². The minimum Gasteiger partial charge on any atom is -0.390 e. The second-order valence-corrected chi connectivity index (χ2v) is 2.23. The molecule has 1 heterocycles. The molecule has 0 unspecified atom stereocenters. The third kappa shape index (κ3) is 1.12. The second-order valence-electron chi connectivity index (χ2n) is 2.23. The maximum atomic E-state index is 12.7. The van der Waals surface area contributed by atoms with Gasteiger partial charge in [0.25, 0.3) is 0 Å². The normalized spacial score (nSPS) is 18.1. The maximum absolute atomic E-state index is 12.7. The lowest BCUT2D eigenvalue weighted by atomic mass is 10.1. The van der Waals surface area contributed by atoms with Crippen molar-refractivity contribution in [1.82, 2.24) is 10.6 Å². The van der Waals surface area contributed by atoms with E-state index in [-0.39, 0.29) is 5.83 Å². The molecule has 56 valence electrons. The zero-order valence-corrected chi connectivity index (χ0v) is 6.16. The van der Waals surface area contributed by atoms with Gasteiger partial charge in [0.2, 0.25) is 0 Å². The van der Waals surface area contributed by atoms with Gasteiger partial charge < -0.3 is 10.6 Å². The van der Waals surface area contributed by atoms with E-state index in [1.54, 1.807) is 14.0 Å². The first-order chi connectivity index (χ1) is 4.75. The highest BCUT2D eigenvalue weighted by atomic mass is 19.1. The fourth-order valence-corrected chi connectivity index (χ4v) is 0.904. The van der Waals surface area contributed by atoms with E-state index in [0.29, 0.717) is 12.1 Å². The maximum Gasteiger partial charge on any atom is 0.143 e. The summed E-state index contributed by atoms with van der Waals surface area (Å²) in [4.78, 5) is 0. The molecule has 2 N–H and O–H groups in total. The molecule has 0 fully saturated rings. The molecule has 0 spiro atoms. The van der Waals surface area contributed by atoms with Gasteiger partial charge in [0, 0.05) is 24.5 Å². The summed E-state index contributed by atoms with van der Waals surface area (Å²) >= 11 is 0. The second kappa shape index (κ2) is 2.73. The Hall–Kier alpha value is -0.990. The molecule has 0 radical (unpaired) electrons. The van der Waals surface area contributed by atoms with Gasteiger partial charge >= 0.3 is 0 Å². The Bertz CT molecular complexity index is 194. The summed E-state index contributed by atoms with van der Waals surface area (Å²) in [5.74, 6) is -0.185. The van der Waals surface area contributed by atoms with E-state index < -0.39 is 0 Å². The molecule has 0 bridgehead atoms. The molecule has 3 heteroatoms. The molecule has 10 heavy (non-hydrogen) atoms. The number of likely N-dealkylation sites (N-methyl/N-ethyl adjacent to an activating group) is 1. The molecule has 0 atom stereocenters. The molecule has 0 aromatic carbocycles. The molecular weight excluding hydrogens is 131 g/mol. The lowest BCUT2D eigenvalue weighted by Crippen LogP contribution is -2.24. The number of nitrogens with one attached hydrogen (secondary N) is 2. The van der Waals surface area contributed by atoms with Gasteiger partial charge in [-0.15, -0.1) is 0 Å². The summed E-state index contributed by atoms with van der Waals surface area (Å²) in [6.07, 6.45) is 1.39. The molecule has 0 aromatic heterocycles. The summed E-state index contributed by atoms with van der Waals surface area (Å²) < 4.78 is 12.7. The van der Waals surface area contributed by atoms with E-state index >= 15 is 0 Å². The van der Waals surface area contributed by atoms with Crippen molar-refractivity contribution < 1.29 is 4.39 Å². The van der Waals surface area contributed by atoms with Crippen molar-refractivity contribution in [2.45, 2.75) is 6.92 Å². The van der Waals surface area contributed by atoms with Crippen molar-refractivity contribution in [2.24, 2.45) is 0 Å². The van der Waals surface area contributed by atoms with Crippen LogP contribution in [0, 0.1) is 0 Å². The van der Waals surface area contributed by atoms with Crippen molar-refractivity contribution in [3.05, 3.63) is 23.3 Å². The van der Waals surface area contributed by atoms with Crippen LogP contribution in [0.5, 0.6) is 0 Å². The van der Waals surface area contributed by atoms with E-state index in [4.69, 9.17) is 0 Å². The lowest BCUT2D eigenvalue weighted by Gasteiger charge is -2.15. The number of rotatable bonds is 1. The average molecular weight is 142 g/mol. The van der Waals surface area contributed by atoms with Gasteiger partial charge in [-0.05, 0) is 6.92 Å². The van der Waals surface area contributed by atoms with E-state index in [1.165, 1.54) is 6.20 Å². The van der Waals surface area contributed by atoms with Crippen LogP contribution in [-0.4, -0.2) is 13.6 Å². The third-order valence-corrected chi connectivity index (χ3v) is 1.62. The number of allylic oxidation sites excluding steroid dienone is 2. The van der Waals surface area contributed by atoms with Crippen molar-refractivity contribution in [3.8, 4) is 0 Å². The Morgan fingerprint density at radius 1 is 1.70 bits per heavy atom. The van der Waals surface area contributed by atoms with E-state index in [0.717, 1.165) is 5.70 Å². The Morgan fingerprint density at radius 3 is 2.90 bits per heavy atom. The summed E-state index contributed by atoms with van der Waals surface area (Å²) in [6, 6.07) is 0. The van der Waals surface area contributed by atoms with Crippen molar-refractivity contribution in [2.75, 3.05) is 13.6 Å². The van der Waals surface area contributed by atoms with Crippen LogP contribution in [0.1, 0.15) is 6.92 Å². The predicted molar refractivity (Wildman–Crippen MR) is 39.0 cm³/mol. The Kier molecular flexibility index (Phi) is 1.94. The zero-order chi connectivity index (χ0) is 7.56. The molecule has 0 amide bonds. The first kappa shape index (κ1) is 7.12. The minimum absolute atomic E-state index is 0.185. The molecule has 1 rings (SSSR count). The van der Waals surface area contributed by atoms with Gasteiger partial charge in [-0.2, -0.15) is 0 Å². The Labute approximate surface area is 59.8 Å². The minimum atomic E-state index is -0.185. The summed E-state index contributed by atoms with van der Waals surface area (Å²) in [5, 5.41) is 5.73. The zero-order valence-electron chi connectivity index (χ0n) is 6.16. The number of hydrogen-bond acceptors (Lipinski definition) is 2. The van der Waals surface area contributed by atoms with Gasteiger partial charge in [-0.3, -0.25) is 0 Å². The monoisotopic (exact) mass is 142 g/mol. The van der Waals surface area contributed by atoms with Crippen molar-refractivity contribution in [3.63, 3.8) is 0 Å². The van der Waals surface area contributed by atoms with E-state index in [2.05, 4.69) is 10.6 Å². The highest BCUT2D eigenvalue weighted by Gasteiger charge is 2.08. The van der Waals surface area contributed by atoms with Gasteiger partial charge in [0.15, 0.2) is 0 Å². The van der Waals surface area contributed by atoms with E-state index in [9.17, 15) is 4.39 Å². The summed E-state index contributed by atoms with van der Waals surface area (Å²) in [5.41, 5.74) is 1.61. The first-order valence-corrected chi connectivity index (χ1v) is 3.22. The van der Waals surface area contributed by atoms with Crippen LogP contribution < -0.4 is 10.6 Å². The predicted octanol–water partition coefficient (Wildman–Crippen LogP) is 0.894. The average Bonchev–Trinajstić information content (AvgIpc) is 1.95. The van der Waals surface area contributed by atoms with Gasteiger partial charge in [-0.1, -0.05) is 0 Å². The summed E-state index contributed by atoms with van der Waals surface area (Å²) in [7, 11) is 1.79. The standard InChI is InChI=1S/C7H11FN2/c1-5-6(8)3-10-4-7(5)9-2/h3,9-10H,4H2,1-2H3. The fraction of sp³-hybridized carbons (Fsp3) is 0.429. The summed E-state index contributed by atoms with van der Waals surface area (Å²) in [6.45, 7) is 2.45. The van der Waals surface area contributed by atoms with Crippen molar-refractivity contribution in [1.29, 1.82) is 0 Å². The van der Waals surface area contributed by atoms with Crippen molar-refractivity contribution >= 4 is 0 Å². The fourth-order valence-electron chi connectivity index (χ4n) is 0.904. The quantitative estimate of drug-likeness (QED) is 0.568. The SMILES string of the molecule is CNC1=C(C)C(F)=CNC1. The molecule has 0 aromatic rings. The number of halogens is 1. The molecule has 1 aliphatic rings. The van der Waals surface area contributed by atoms with Crippen LogP contribution in [0.3, 0.4) is 0 Å². The largest absolute Gasteiger partial charge is 0.390 e. The lowest BCUT2D eigenvalue weighted by molar-refractivity contribution is 0.615. The van der Waals surface area contributed by atoms with Crippen LogP contribution in [-0.2, 0) is 0 Å². The smallest absolute Gasteiger partial charge is 0.143 e. The topological polar surface area (TPSA) is 24.1 Å².